The first-order chi connectivity index (χ1) is 15.5. The molecule has 2 heterocycles. The van der Waals surface area contributed by atoms with Gasteiger partial charge in [-0.2, -0.15) is 0 Å². The van der Waals surface area contributed by atoms with Gasteiger partial charge in [0.2, 0.25) is 0 Å². The molecule has 4 rings (SSSR count). The molecule has 1 N–H and O–H groups in total. The predicted octanol–water partition coefficient (Wildman–Crippen LogP) is 4.02. The van der Waals surface area contributed by atoms with Crippen molar-refractivity contribution in [1.29, 1.82) is 0 Å². The first-order valence-corrected chi connectivity index (χ1v) is 10.8. The number of ether oxygens (including phenoxy) is 1. The summed E-state index contributed by atoms with van der Waals surface area (Å²) in [6, 6.07) is 12.7. The molecule has 0 aliphatic heterocycles. The summed E-state index contributed by atoms with van der Waals surface area (Å²) in [5.74, 6) is 1.30. The number of amides is 1. The molecule has 0 saturated carbocycles. The first kappa shape index (κ1) is 21.5. The zero-order valence-corrected chi connectivity index (χ0v) is 18.8. The lowest BCUT2D eigenvalue weighted by molar-refractivity contribution is 0.0941. The third-order valence-electron chi connectivity index (χ3n) is 5.59. The number of carbonyl (C=O) groups is 1. The molecule has 0 bridgehead atoms. The van der Waals surface area contributed by atoms with Crippen molar-refractivity contribution in [1.82, 2.24) is 24.8 Å². The smallest absolute Gasteiger partial charge is 0.252 e. The molecule has 0 fully saturated rings. The molecule has 7 nitrogen and oxygen atoms in total. The Hall–Kier alpha value is -3.74. The van der Waals surface area contributed by atoms with Crippen LogP contribution in [0.2, 0.25) is 0 Å². The molecule has 1 unspecified atom stereocenters. The number of benzene rings is 2. The fraction of sp³-hybridized carbons (Fsp3) is 0.280. The van der Waals surface area contributed by atoms with Crippen molar-refractivity contribution in [3.05, 3.63) is 83.2 Å². The molecule has 164 valence electrons. The summed E-state index contributed by atoms with van der Waals surface area (Å²) in [4.78, 5) is 27.2. The minimum Gasteiger partial charge on any atom is -0.497 e. The van der Waals surface area contributed by atoms with E-state index in [0.29, 0.717) is 5.56 Å². The number of nitrogens with one attached hydrogen (secondary N) is 1. The standard InChI is InChI=1S/C25H27N5O2/c1-5-19-20(6-2)28-22-15-17(9-12-21(22)27-19)25(31)29-23(24-26-13-14-30(24)3)16-7-10-18(32-4)11-8-16/h7-15,23H,5-6H2,1-4H3,(H,29,31). The third-order valence-corrected chi connectivity index (χ3v) is 5.59. The Labute approximate surface area is 187 Å². The number of imidazole rings is 1. The highest BCUT2D eigenvalue weighted by molar-refractivity contribution is 5.97. The molecule has 0 saturated heterocycles. The lowest BCUT2D eigenvalue weighted by Gasteiger charge is -2.19. The molecular weight excluding hydrogens is 402 g/mol. The van der Waals surface area contributed by atoms with Crippen molar-refractivity contribution >= 4 is 16.9 Å². The van der Waals surface area contributed by atoms with Gasteiger partial charge in [0, 0.05) is 25.0 Å². The quantitative estimate of drug-likeness (QED) is 0.480. The highest BCUT2D eigenvalue weighted by Crippen LogP contribution is 2.24. The van der Waals surface area contributed by atoms with Crippen molar-refractivity contribution in [2.24, 2.45) is 7.05 Å². The topological polar surface area (TPSA) is 81.9 Å². The average Bonchev–Trinajstić information content (AvgIpc) is 3.26. The summed E-state index contributed by atoms with van der Waals surface area (Å²) < 4.78 is 7.17. The van der Waals surface area contributed by atoms with Gasteiger partial charge in [-0.15, -0.1) is 0 Å². The Morgan fingerprint density at radius 1 is 1.03 bits per heavy atom. The fourth-order valence-corrected chi connectivity index (χ4v) is 3.80. The second kappa shape index (κ2) is 9.18. The number of rotatable bonds is 7. The Balaban J connectivity index is 1.68. The van der Waals surface area contributed by atoms with E-state index in [1.807, 2.05) is 48.1 Å². The lowest BCUT2D eigenvalue weighted by atomic mass is 10.0. The SMILES string of the molecule is CCc1nc2ccc(C(=O)NC(c3ccc(OC)cc3)c3nccn3C)cc2nc1CC. The van der Waals surface area contributed by atoms with Gasteiger partial charge in [-0.3, -0.25) is 4.79 Å². The molecule has 0 aliphatic carbocycles. The number of hydrogen-bond donors (Lipinski definition) is 1. The van der Waals surface area contributed by atoms with Crippen LogP contribution >= 0.6 is 0 Å². The molecule has 7 heteroatoms. The van der Waals surface area contributed by atoms with Crippen LogP contribution in [0.15, 0.2) is 54.9 Å². The van der Waals surface area contributed by atoms with Gasteiger partial charge in [-0.05, 0) is 48.7 Å². The molecule has 1 atom stereocenters. The van der Waals surface area contributed by atoms with E-state index in [4.69, 9.17) is 14.7 Å². The van der Waals surface area contributed by atoms with Crippen molar-refractivity contribution in [3.63, 3.8) is 0 Å². The summed E-state index contributed by atoms with van der Waals surface area (Å²) in [7, 11) is 3.54. The third kappa shape index (κ3) is 4.19. The van der Waals surface area contributed by atoms with E-state index < -0.39 is 6.04 Å². The van der Waals surface area contributed by atoms with Crippen molar-refractivity contribution in [3.8, 4) is 5.75 Å². The molecular formula is C25H27N5O2. The van der Waals surface area contributed by atoms with Crippen LogP contribution < -0.4 is 10.1 Å². The van der Waals surface area contributed by atoms with E-state index >= 15 is 0 Å². The summed E-state index contributed by atoms with van der Waals surface area (Å²) in [6.07, 6.45) is 5.23. The molecule has 0 spiro atoms. The van der Waals surface area contributed by atoms with Gasteiger partial charge in [0.15, 0.2) is 0 Å². The minimum atomic E-state index is -0.413. The summed E-state index contributed by atoms with van der Waals surface area (Å²) in [5.41, 5.74) is 4.95. The monoisotopic (exact) mass is 429 g/mol. The van der Waals surface area contributed by atoms with Gasteiger partial charge in [0.1, 0.15) is 17.6 Å². The zero-order chi connectivity index (χ0) is 22.7. The largest absolute Gasteiger partial charge is 0.497 e. The van der Waals surface area contributed by atoms with Crippen LogP contribution in [0.3, 0.4) is 0 Å². The average molecular weight is 430 g/mol. The van der Waals surface area contributed by atoms with Crippen molar-refractivity contribution in [2.45, 2.75) is 32.7 Å². The van der Waals surface area contributed by atoms with Crippen LogP contribution in [-0.2, 0) is 19.9 Å². The molecule has 32 heavy (non-hydrogen) atoms. The summed E-state index contributed by atoms with van der Waals surface area (Å²) >= 11 is 0. The molecule has 0 radical (unpaired) electrons. The van der Waals surface area contributed by atoms with Gasteiger partial charge in [0.25, 0.3) is 5.91 Å². The van der Waals surface area contributed by atoms with Crippen LogP contribution in [0.4, 0.5) is 0 Å². The first-order valence-electron chi connectivity index (χ1n) is 10.8. The molecule has 4 aromatic rings. The Bertz CT molecular complexity index is 1250. The molecule has 0 aliphatic rings. The van der Waals surface area contributed by atoms with E-state index in [2.05, 4.69) is 24.1 Å². The van der Waals surface area contributed by atoms with E-state index in [-0.39, 0.29) is 5.91 Å². The van der Waals surface area contributed by atoms with Crippen LogP contribution in [0, 0.1) is 0 Å². The van der Waals surface area contributed by atoms with Gasteiger partial charge in [-0.1, -0.05) is 26.0 Å². The van der Waals surface area contributed by atoms with Crippen LogP contribution in [0.1, 0.15) is 53.0 Å². The van der Waals surface area contributed by atoms with Gasteiger partial charge in [0.05, 0.1) is 29.5 Å². The highest BCUT2D eigenvalue weighted by Gasteiger charge is 2.22. The number of nitrogens with zero attached hydrogens (tertiary/aromatic N) is 4. The predicted molar refractivity (Wildman–Crippen MR) is 124 cm³/mol. The number of methoxy groups -OCH3 is 1. The zero-order valence-electron chi connectivity index (χ0n) is 18.8. The van der Waals surface area contributed by atoms with E-state index in [1.165, 1.54) is 0 Å². The van der Waals surface area contributed by atoms with E-state index in [9.17, 15) is 4.79 Å². The fourth-order valence-electron chi connectivity index (χ4n) is 3.80. The number of aromatic nitrogens is 4. The number of fused-ring (bicyclic) bond motifs is 1. The highest BCUT2D eigenvalue weighted by atomic mass is 16.5. The molecule has 1 amide bonds. The maximum atomic E-state index is 13.3. The number of aryl methyl sites for hydroxylation is 3. The second-order valence-electron chi connectivity index (χ2n) is 7.60. The maximum absolute atomic E-state index is 13.3. The second-order valence-corrected chi connectivity index (χ2v) is 7.60. The van der Waals surface area contributed by atoms with Crippen molar-refractivity contribution in [2.75, 3.05) is 7.11 Å². The lowest BCUT2D eigenvalue weighted by Crippen LogP contribution is -2.31. The van der Waals surface area contributed by atoms with Gasteiger partial charge >= 0.3 is 0 Å². The number of hydrogen-bond acceptors (Lipinski definition) is 5. The van der Waals surface area contributed by atoms with Crippen molar-refractivity contribution < 1.29 is 9.53 Å². The maximum Gasteiger partial charge on any atom is 0.252 e. The summed E-state index contributed by atoms with van der Waals surface area (Å²) in [5, 5.41) is 3.13. The molecule has 2 aromatic carbocycles. The van der Waals surface area contributed by atoms with Crippen LogP contribution in [0.5, 0.6) is 5.75 Å². The normalized spacial score (nSPS) is 12.0. The van der Waals surface area contributed by atoms with E-state index in [0.717, 1.165) is 52.4 Å². The number of carbonyl (C=O) groups excluding carboxylic acids is 1. The minimum absolute atomic E-state index is 0.199. The van der Waals surface area contributed by atoms with Crippen LogP contribution in [0.25, 0.3) is 11.0 Å². The Morgan fingerprint density at radius 3 is 2.31 bits per heavy atom. The Kier molecular flexibility index (Phi) is 6.16. The van der Waals surface area contributed by atoms with Gasteiger partial charge < -0.3 is 14.6 Å². The molecule has 2 aromatic heterocycles. The van der Waals surface area contributed by atoms with Crippen LogP contribution in [-0.4, -0.2) is 32.5 Å². The Morgan fingerprint density at radius 2 is 1.72 bits per heavy atom. The summed E-state index contributed by atoms with van der Waals surface area (Å²) in [6.45, 7) is 4.14. The van der Waals surface area contributed by atoms with Gasteiger partial charge in [-0.25, -0.2) is 15.0 Å². The van der Waals surface area contributed by atoms with E-state index in [1.54, 1.807) is 25.4 Å².